The number of aromatic nitrogens is 4. The minimum absolute atomic E-state index is 0.274. The predicted molar refractivity (Wildman–Crippen MR) is 146 cm³/mol. The van der Waals surface area contributed by atoms with Gasteiger partial charge in [-0.05, 0) is 49.1 Å². The number of anilines is 1. The van der Waals surface area contributed by atoms with E-state index in [1.54, 1.807) is 11.5 Å². The van der Waals surface area contributed by atoms with Gasteiger partial charge in [0.25, 0.3) is 0 Å². The van der Waals surface area contributed by atoms with Crippen molar-refractivity contribution < 1.29 is 38.7 Å². The van der Waals surface area contributed by atoms with Crippen molar-refractivity contribution in [2.75, 3.05) is 30.5 Å². The molecule has 0 bridgehead atoms. The highest BCUT2D eigenvalue weighted by atomic mass is 31.2. The first-order valence-electron chi connectivity index (χ1n) is 13.2. The van der Waals surface area contributed by atoms with Gasteiger partial charge in [0.15, 0.2) is 31.6 Å². The topological polar surface area (TPSA) is 184 Å². The molecule has 15 heteroatoms. The molecule has 1 spiro atoms. The van der Waals surface area contributed by atoms with E-state index >= 15 is 0 Å². The van der Waals surface area contributed by atoms with Crippen molar-refractivity contribution >= 4 is 33.0 Å². The Bertz CT molecular complexity index is 1410. The van der Waals surface area contributed by atoms with Crippen molar-refractivity contribution in [3.8, 4) is 0 Å². The van der Waals surface area contributed by atoms with Gasteiger partial charge in [-0.3, -0.25) is 9.13 Å². The predicted octanol–water partition coefficient (Wildman–Crippen LogP) is 1.60. The molecule has 2 aromatic heterocycles. The number of nitrogens with zero attached hydrogens (tertiary/aromatic N) is 5. The molecule has 5 N–H and O–H groups in total. The fraction of sp³-hybridized carbons (Fsp3) is 0.560. The van der Waals surface area contributed by atoms with Gasteiger partial charge in [-0.2, -0.15) is 0 Å². The second kappa shape index (κ2) is 10.7. The molecule has 13 nitrogen and oxygen atoms in total. The Morgan fingerprint density at radius 3 is 2.45 bits per heavy atom. The molecule has 0 amide bonds. The maximum atomic E-state index is 11.1. The third kappa shape index (κ3) is 5.43. The molecule has 2 saturated heterocycles. The largest absolute Gasteiger partial charge is 0.387 e. The van der Waals surface area contributed by atoms with Gasteiger partial charge in [0.1, 0.15) is 30.0 Å². The van der Waals surface area contributed by atoms with Crippen LogP contribution in [0.5, 0.6) is 0 Å². The first-order valence-corrected chi connectivity index (χ1v) is 16.4. The van der Waals surface area contributed by atoms with E-state index in [1.807, 2.05) is 0 Å². The summed E-state index contributed by atoms with van der Waals surface area (Å²) in [6.45, 7) is 3.11. The van der Waals surface area contributed by atoms with E-state index in [4.69, 9.17) is 24.0 Å². The summed E-state index contributed by atoms with van der Waals surface area (Å²) in [5, 5.41) is 21.3. The van der Waals surface area contributed by atoms with Crippen LogP contribution in [0.3, 0.4) is 0 Å². The van der Waals surface area contributed by atoms with Gasteiger partial charge < -0.3 is 39.1 Å². The Balaban J connectivity index is 1.18. The Hall–Kier alpha value is -2.05. The minimum atomic E-state index is -4.46. The van der Waals surface area contributed by atoms with Crippen LogP contribution in [-0.2, 0) is 26.7 Å². The summed E-state index contributed by atoms with van der Waals surface area (Å²) in [5.74, 6) is 0.435. The fourth-order valence-electron chi connectivity index (χ4n) is 6.19. The van der Waals surface area contributed by atoms with Crippen LogP contribution in [0.1, 0.15) is 36.0 Å². The summed E-state index contributed by atoms with van der Waals surface area (Å²) >= 11 is 0. The molecule has 3 aromatic rings. The maximum absolute atomic E-state index is 11.1. The second-order valence-electron chi connectivity index (χ2n) is 11.0. The van der Waals surface area contributed by atoms with E-state index in [1.165, 1.54) is 17.5 Å². The quantitative estimate of drug-likeness (QED) is 0.250. The number of aryl methyl sites for hydroxylation is 1. The molecule has 0 saturated carbocycles. The molecule has 1 aliphatic carbocycles. The number of benzene rings is 1. The molecule has 5 unspecified atom stereocenters. The van der Waals surface area contributed by atoms with Crippen LogP contribution in [0.4, 0.5) is 5.82 Å². The van der Waals surface area contributed by atoms with Gasteiger partial charge in [-0.25, -0.2) is 15.0 Å². The zero-order valence-electron chi connectivity index (χ0n) is 21.9. The van der Waals surface area contributed by atoms with Crippen LogP contribution in [-0.4, -0.2) is 88.3 Å². The highest BCUT2D eigenvalue weighted by molar-refractivity contribution is 7.67. The molecule has 1 aromatic carbocycles. The summed E-state index contributed by atoms with van der Waals surface area (Å²) in [6, 6.07) is 8.69. The standard InChI is InChI=1S/C25H33N5O8P2/c1-15-27-22(29-8-6-25(7-9-29)10-16-4-2-3-5-17(16)11-25)19-23(28-15)30(13-26-19)24-21(32)20(31)18(38-24)12-37-39(33)14-40(34,35)36/h2-5,13,18,20-21,24,31-33H,6-12,14H2,1H3,(H2,34,35,36). The van der Waals surface area contributed by atoms with Crippen LogP contribution in [0.25, 0.3) is 11.2 Å². The third-order valence-corrected chi connectivity index (χ3v) is 11.1. The first kappa shape index (κ1) is 28.1. The zero-order chi connectivity index (χ0) is 28.2. The minimum Gasteiger partial charge on any atom is -0.387 e. The summed E-state index contributed by atoms with van der Waals surface area (Å²) < 4.78 is 23.6. The maximum Gasteiger partial charge on any atom is 0.334 e. The average Bonchev–Trinajstić information content (AvgIpc) is 3.55. The molecule has 216 valence electrons. The molecule has 4 heterocycles. The number of aliphatic hydroxyl groups is 2. The average molecular weight is 594 g/mol. The Morgan fingerprint density at radius 1 is 1.12 bits per heavy atom. The van der Waals surface area contributed by atoms with E-state index in [9.17, 15) is 19.7 Å². The van der Waals surface area contributed by atoms with Gasteiger partial charge in [0, 0.05) is 13.1 Å². The monoisotopic (exact) mass is 593 g/mol. The van der Waals surface area contributed by atoms with Crippen molar-refractivity contribution in [1.29, 1.82) is 0 Å². The van der Waals surface area contributed by atoms with Gasteiger partial charge in [-0.1, -0.05) is 24.3 Å². The van der Waals surface area contributed by atoms with Crippen LogP contribution in [0, 0.1) is 12.3 Å². The highest BCUT2D eigenvalue weighted by Gasteiger charge is 2.45. The Kier molecular flexibility index (Phi) is 7.48. The fourth-order valence-corrected chi connectivity index (χ4v) is 8.09. The van der Waals surface area contributed by atoms with Crippen molar-refractivity contribution in [3.63, 3.8) is 0 Å². The Morgan fingerprint density at radius 2 is 1.80 bits per heavy atom. The lowest BCUT2D eigenvalue weighted by Crippen LogP contribution is -2.41. The number of fused-ring (bicyclic) bond motifs is 2. The second-order valence-corrected chi connectivity index (χ2v) is 14.5. The molecular weight excluding hydrogens is 560 g/mol. The molecule has 40 heavy (non-hydrogen) atoms. The number of piperidine rings is 1. The molecular formula is C25H33N5O8P2. The van der Waals surface area contributed by atoms with Crippen molar-refractivity contribution in [1.82, 2.24) is 19.5 Å². The van der Waals surface area contributed by atoms with Crippen molar-refractivity contribution in [3.05, 3.63) is 47.5 Å². The van der Waals surface area contributed by atoms with Crippen molar-refractivity contribution in [2.24, 2.45) is 5.41 Å². The van der Waals surface area contributed by atoms with E-state index in [2.05, 4.69) is 39.1 Å². The SMILES string of the molecule is Cc1nc(N2CCC3(CC2)Cc2ccccc2C3)c2ncn(C3OC(COP(O)CP(=O)(O)O)C(O)C3O)c2n1. The number of imidazole rings is 1. The number of hydrogen-bond donors (Lipinski definition) is 5. The van der Waals surface area contributed by atoms with E-state index < -0.39 is 46.4 Å². The molecule has 0 radical (unpaired) electrons. The molecule has 6 rings (SSSR count). The van der Waals surface area contributed by atoms with Crippen LogP contribution in [0.2, 0.25) is 0 Å². The van der Waals surface area contributed by atoms with Gasteiger partial charge >= 0.3 is 7.60 Å². The number of ether oxygens (including phenoxy) is 1. The van der Waals surface area contributed by atoms with E-state index in [0.29, 0.717) is 17.0 Å². The lowest BCUT2D eigenvalue weighted by Gasteiger charge is -2.40. The molecule has 2 fully saturated rings. The number of aliphatic hydroxyl groups excluding tert-OH is 2. The molecule has 2 aliphatic heterocycles. The van der Waals surface area contributed by atoms with E-state index in [0.717, 1.165) is 44.6 Å². The van der Waals surface area contributed by atoms with Gasteiger partial charge in [-0.15, -0.1) is 0 Å². The Labute approximate surface area is 231 Å². The lowest BCUT2D eigenvalue weighted by molar-refractivity contribution is -0.0472. The first-order chi connectivity index (χ1) is 19.0. The van der Waals surface area contributed by atoms with Crippen LogP contribution in [0.15, 0.2) is 30.6 Å². The van der Waals surface area contributed by atoms with Gasteiger partial charge in [0.05, 0.1) is 12.9 Å². The highest BCUT2D eigenvalue weighted by Crippen LogP contribution is 2.50. The van der Waals surface area contributed by atoms with E-state index in [-0.39, 0.29) is 12.0 Å². The number of rotatable bonds is 7. The summed E-state index contributed by atoms with van der Waals surface area (Å²) in [5.41, 5.74) is 4.21. The molecule has 3 aliphatic rings. The summed E-state index contributed by atoms with van der Waals surface area (Å²) in [6.07, 6.45) is 0.995. The normalized spacial score (nSPS) is 27.0. The van der Waals surface area contributed by atoms with Crippen LogP contribution < -0.4 is 4.90 Å². The third-order valence-electron chi connectivity index (χ3n) is 8.19. The summed E-state index contributed by atoms with van der Waals surface area (Å²) in [7, 11) is -6.88. The molecule has 5 atom stereocenters. The summed E-state index contributed by atoms with van der Waals surface area (Å²) in [4.78, 5) is 43.9. The van der Waals surface area contributed by atoms with Crippen molar-refractivity contribution in [2.45, 2.75) is 57.1 Å². The lowest BCUT2D eigenvalue weighted by atomic mass is 9.76. The smallest absolute Gasteiger partial charge is 0.334 e. The van der Waals surface area contributed by atoms with Crippen LogP contribution >= 0.6 is 16.0 Å². The number of hydrogen-bond acceptors (Lipinski definition) is 10. The van der Waals surface area contributed by atoms with Gasteiger partial charge in [0.2, 0.25) is 0 Å². The zero-order valence-corrected chi connectivity index (χ0v) is 23.7.